The summed E-state index contributed by atoms with van der Waals surface area (Å²) in [6.45, 7) is 3.39. The second-order valence-corrected chi connectivity index (χ2v) is 4.91. The van der Waals surface area contributed by atoms with Crippen molar-refractivity contribution in [3.8, 4) is 0 Å². The Morgan fingerprint density at radius 3 is 2.50 bits per heavy atom. The van der Waals surface area contributed by atoms with Crippen LogP contribution in [0, 0.1) is 16.0 Å². The lowest BCUT2D eigenvalue weighted by Gasteiger charge is -2.44. The summed E-state index contributed by atoms with van der Waals surface area (Å²) in [5.74, 6) is 1.16. The van der Waals surface area contributed by atoms with E-state index in [4.69, 9.17) is 0 Å². The first-order chi connectivity index (χ1) is 8.72. The average Bonchev–Trinajstić information content (AvgIpc) is 2.41. The number of piperidine rings is 3. The Kier molecular flexibility index (Phi) is 2.83. The topological polar surface area (TPSA) is 84.2 Å². The Hall–Kier alpha value is -1.76. The van der Waals surface area contributed by atoms with Crippen molar-refractivity contribution in [3.05, 3.63) is 22.5 Å². The van der Waals surface area contributed by atoms with Gasteiger partial charge in [0.25, 0.3) is 0 Å². The highest BCUT2D eigenvalue weighted by Crippen LogP contribution is 2.29. The highest BCUT2D eigenvalue weighted by molar-refractivity contribution is 5.32. The number of rotatable bonds is 3. The Balaban J connectivity index is 1.67. The van der Waals surface area contributed by atoms with Gasteiger partial charge in [-0.1, -0.05) is 0 Å². The Bertz CT molecular complexity index is 441. The average molecular weight is 249 g/mol. The number of anilines is 1. The molecule has 1 N–H and O–H groups in total. The van der Waals surface area contributed by atoms with E-state index in [1.807, 2.05) is 0 Å². The van der Waals surface area contributed by atoms with Crippen molar-refractivity contribution < 1.29 is 4.92 Å². The molecule has 1 aromatic heterocycles. The molecule has 1 aromatic rings. The largest absolute Gasteiger partial charge is 0.350 e. The summed E-state index contributed by atoms with van der Waals surface area (Å²) < 4.78 is 0. The van der Waals surface area contributed by atoms with E-state index < -0.39 is 4.92 Å². The predicted octanol–water partition coefficient (Wildman–Crippen LogP) is 0.891. The second-order valence-electron chi connectivity index (χ2n) is 4.91. The van der Waals surface area contributed by atoms with Gasteiger partial charge in [0.1, 0.15) is 12.4 Å². The Labute approximate surface area is 104 Å². The van der Waals surface area contributed by atoms with Crippen molar-refractivity contribution in [1.29, 1.82) is 0 Å². The number of hydrogen-bond acceptors (Lipinski definition) is 6. The number of hydrogen-bond donors (Lipinski definition) is 1. The van der Waals surface area contributed by atoms with Crippen molar-refractivity contribution in [2.75, 3.05) is 25.0 Å². The molecule has 0 aromatic carbocycles. The normalized spacial score (nSPS) is 30.1. The molecule has 4 rings (SSSR count). The lowest BCUT2D eigenvalue weighted by molar-refractivity contribution is -0.385. The maximum absolute atomic E-state index is 10.5. The molecule has 7 heteroatoms. The van der Waals surface area contributed by atoms with Gasteiger partial charge in [-0.25, -0.2) is 9.97 Å². The Morgan fingerprint density at radius 2 is 2.00 bits per heavy atom. The molecule has 7 nitrogen and oxygen atoms in total. The summed E-state index contributed by atoms with van der Waals surface area (Å²) in [5, 5.41) is 13.8. The standard InChI is InChI=1S/C11H15N5O2/c17-16(18)9-5-12-11(13-6-9)14-10-7-15-3-1-8(10)2-4-15/h5-6,8,10H,1-4,7H2,(H,12,13,14). The number of nitrogens with one attached hydrogen (secondary N) is 1. The van der Waals surface area contributed by atoms with Crippen LogP contribution in [0.1, 0.15) is 12.8 Å². The third-order valence-corrected chi connectivity index (χ3v) is 3.82. The third-order valence-electron chi connectivity index (χ3n) is 3.82. The third kappa shape index (κ3) is 2.13. The van der Waals surface area contributed by atoms with Crippen LogP contribution in [0.25, 0.3) is 0 Å². The number of fused-ring (bicyclic) bond motifs is 3. The minimum atomic E-state index is -0.488. The molecular weight excluding hydrogens is 234 g/mol. The van der Waals surface area contributed by atoms with E-state index in [1.54, 1.807) is 0 Å². The van der Waals surface area contributed by atoms with Crippen LogP contribution in [0.4, 0.5) is 11.6 Å². The summed E-state index contributed by atoms with van der Waals surface area (Å²) >= 11 is 0. The van der Waals surface area contributed by atoms with Crippen LogP contribution in [-0.4, -0.2) is 45.5 Å². The molecule has 0 radical (unpaired) electrons. The molecule has 3 aliphatic heterocycles. The zero-order valence-electron chi connectivity index (χ0n) is 9.95. The van der Waals surface area contributed by atoms with Gasteiger partial charge in [0, 0.05) is 12.6 Å². The minimum Gasteiger partial charge on any atom is -0.350 e. The first kappa shape index (κ1) is 11.3. The highest BCUT2D eigenvalue weighted by atomic mass is 16.6. The monoisotopic (exact) mass is 249 g/mol. The number of nitrogens with zero attached hydrogens (tertiary/aromatic N) is 4. The van der Waals surface area contributed by atoms with Crippen molar-refractivity contribution in [2.45, 2.75) is 18.9 Å². The fourth-order valence-corrected chi connectivity index (χ4v) is 2.78. The van der Waals surface area contributed by atoms with E-state index in [-0.39, 0.29) is 5.69 Å². The summed E-state index contributed by atoms with van der Waals surface area (Å²) in [7, 11) is 0. The molecule has 4 heterocycles. The van der Waals surface area contributed by atoms with Crippen LogP contribution in [0.5, 0.6) is 0 Å². The van der Waals surface area contributed by atoms with Crippen molar-refractivity contribution >= 4 is 11.6 Å². The van der Waals surface area contributed by atoms with Gasteiger partial charge < -0.3 is 10.2 Å². The van der Waals surface area contributed by atoms with E-state index in [2.05, 4.69) is 20.2 Å². The SMILES string of the molecule is O=[N+]([O-])c1cnc(NC2CN3CCC2CC3)nc1. The van der Waals surface area contributed by atoms with E-state index in [1.165, 1.54) is 38.3 Å². The van der Waals surface area contributed by atoms with Gasteiger partial charge in [-0.2, -0.15) is 0 Å². The first-order valence-electron chi connectivity index (χ1n) is 6.18. The summed E-state index contributed by atoms with van der Waals surface area (Å²) in [4.78, 5) is 20.4. The van der Waals surface area contributed by atoms with Crippen molar-refractivity contribution in [2.24, 2.45) is 5.92 Å². The first-order valence-corrected chi connectivity index (χ1v) is 6.18. The molecule has 3 aliphatic rings. The molecule has 1 atom stereocenters. The lowest BCUT2D eigenvalue weighted by Crippen LogP contribution is -2.53. The van der Waals surface area contributed by atoms with Gasteiger partial charge in [-0.15, -0.1) is 0 Å². The molecule has 0 aliphatic carbocycles. The minimum absolute atomic E-state index is 0.0746. The summed E-state index contributed by atoms with van der Waals surface area (Å²) in [5.41, 5.74) is -0.0746. The van der Waals surface area contributed by atoms with Crippen LogP contribution in [0.3, 0.4) is 0 Å². The van der Waals surface area contributed by atoms with E-state index >= 15 is 0 Å². The van der Waals surface area contributed by atoms with Gasteiger partial charge in [0.05, 0.1) is 4.92 Å². The molecule has 0 spiro atoms. The van der Waals surface area contributed by atoms with E-state index in [0.717, 1.165) is 6.54 Å². The maximum atomic E-state index is 10.5. The molecule has 18 heavy (non-hydrogen) atoms. The molecule has 0 saturated carbocycles. The van der Waals surface area contributed by atoms with E-state index in [0.29, 0.717) is 17.9 Å². The van der Waals surface area contributed by atoms with Crippen molar-refractivity contribution in [1.82, 2.24) is 14.9 Å². The molecule has 96 valence electrons. The van der Waals surface area contributed by atoms with Gasteiger partial charge in [0.2, 0.25) is 5.95 Å². The van der Waals surface area contributed by atoms with E-state index in [9.17, 15) is 10.1 Å². The Morgan fingerprint density at radius 1 is 1.33 bits per heavy atom. The van der Waals surface area contributed by atoms with Crippen LogP contribution in [-0.2, 0) is 0 Å². The zero-order valence-corrected chi connectivity index (χ0v) is 9.95. The van der Waals surface area contributed by atoms with Gasteiger partial charge in [-0.3, -0.25) is 10.1 Å². The lowest BCUT2D eigenvalue weighted by atomic mass is 9.84. The fourth-order valence-electron chi connectivity index (χ4n) is 2.78. The zero-order chi connectivity index (χ0) is 12.5. The predicted molar refractivity (Wildman–Crippen MR) is 65.3 cm³/mol. The number of nitro groups is 1. The van der Waals surface area contributed by atoms with Crippen LogP contribution in [0.15, 0.2) is 12.4 Å². The van der Waals surface area contributed by atoms with Crippen LogP contribution >= 0.6 is 0 Å². The van der Waals surface area contributed by atoms with Crippen LogP contribution in [0.2, 0.25) is 0 Å². The van der Waals surface area contributed by atoms with Crippen molar-refractivity contribution in [3.63, 3.8) is 0 Å². The molecule has 3 saturated heterocycles. The highest BCUT2D eigenvalue weighted by Gasteiger charge is 2.34. The van der Waals surface area contributed by atoms with Gasteiger partial charge in [-0.05, 0) is 31.8 Å². The second kappa shape index (κ2) is 4.49. The fraction of sp³-hybridized carbons (Fsp3) is 0.636. The van der Waals surface area contributed by atoms with Crippen LogP contribution < -0.4 is 5.32 Å². The van der Waals surface area contributed by atoms with Gasteiger partial charge >= 0.3 is 5.69 Å². The molecule has 0 amide bonds. The quantitative estimate of drug-likeness (QED) is 0.632. The summed E-state index contributed by atoms with van der Waals surface area (Å²) in [6, 6.07) is 0.369. The smallest absolute Gasteiger partial charge is 0.305 e. The maximum Gasteiger partial charge on any atom is 0.305 e. The summed E-state index contributed by atoms with van der Waals surface area (Å²) in [6.07, 6.45) is 4.92. The molecular formula is C11H15N5O2. The molecule has 2 bridgehead atoms. The van der Waals surface area contributed by atoms with Gasteiger partial charge in [0.15, 0.2) is 0 Å². The molecule has 1 unspecified atom stereocenters. The molecule has 3 fully saturated rings. The number of aromatic nitrogens is 2.